The van der Waals surface area contributed by atoms with Crippen LogP contribution in [0.25, 0.3) is 0 Å². The van der Waals surface area contributed by atoms with E-state index in [1.807, 2.05) is 42.5 Å². The van der Waals surface area contributed by atoms with E-state index in [1.165, 1.54) is 0 Å². The fourth-order valence-corrected chi connectivity index (χ4v) is 2.79. The van der Waals surface area contributed by atoms with E-state index in [-0.39, 0.29) is 12.4 Å². The number of nitrogen functional groups attached to an aromatic ring is 1. The molecule has 1 aliphatic heterocycles. The van der Waals surface area contributed by atoms with Crippen molar-refractivity contribution < 1.29 is 9.68 Å². The van der Waals surface area contributed by atoms with Gasteiger partial charge in [-0.15, -0.1) is 12.4 Å². The first-order chi connectivity index (χ1) is 8.72. The maximum Gasteiger partial charge on any atom is 0.491 e. The summed E-state index contributed by atoms with van der Waals surface area (Å²) in [6.07, 6.45) is 0. The first kappa shape index (κ1) is 14.3. The van der Waals surface area contributed by atoms with Gasteiger partial charge >= 0.3 is 7.12 Å². The second-order valence-corrected chi connectivity index (χ2v) is 5.34. The van der Waals surface area contributed by atoms with Crippen molar-refractivity contribution in [3.63, 3.8) is 0 Å². The van der Waals surface area contributed by atoms with Crippen LogP contribution < -0.4 is 11.2 Å². The Hall–Kier alpha value is -1.14. The molecule has 0 atom stereocenters. The quantitative estimate of drug-likeness (QED) is 0.657. The zero-order valence-electron chi connectivity index (χ0n) is 10.1. The number of halogens is 1. The Morgan fingerprint density at radius 1 is 1.11 bits per heavy atom. The van der Waals surface area contributed by atoms with Crippen LogP contribution in [0.15, 0.2) is 52.3 Å². The van der Waals surface area contributed by atoms with Gasteiger partial charge < -0.3 is 15.4 Å². The summed E-state index contributed by atoms with van der Waals surface area (Å²) >= 11 is 1.64. The van der Waals surface area contributed by atoms with Crippen LogP contribution in [-0.4, -0.2) is 12.1 Å². The van der Waals surface area contributed by atoms with Gasteiger partial charge in [0.05, 0.1) is 6.61 Å². The molecule has 0 spiro atoms. The first-order valence-corrected chi connectivity index (χ1v) is 6.50. The van der Waals surface area contributed by atoms with Crippen molar-refractivity contribution in [2.75, 3.05) is 5.73 Å². The fourth-order valence-electron chi connectivity index (χ4n) is 1.93. The van der Waals surface area contributed by atoms with Crippen molar-refractivity contribution in [1.82, 2.24) is 0 Å². The van der Waals surface area contributed by atoms with E-state index in [0.29, 0.717) is 6.61 Å². The predicted octanol–water partition coefficient (Wildman–Crippen LogP) is 2.06. The minimum atomic E-state index is -0.785. The maximum absolute atomic E-state index is 9.66. The van der Waals surface area contributed by atoms with Gasteiger partial charge in [0.25, 0.3) is 0 Å². The Balaban J connectivity index is 0.00000133. The number of anilines is 1. The summed E-state index contributed by atoms with van der Waals surface area (Å²) in [5.74, 6) is 0. The molecule has 1 heterocycles. The van der Waals surface area contributed by atoms with E-state index < -0.39 is 7.12 Å². The lowest BCUT2D eigenvalue weighted by Crippen LogP contribution is -2.27. The Labute approximate surface area is 122 Å². The molecule has 0 fully saturated rings. The monoisotopic (exact) mass is 293 g/mol. The van der Waals surface area contributed by atoms with Gasteiger partial charge in [-0.2, -0.15) is 0 Å². The number of hydrogen-bond donors (Lipinski definition) is 2. The van der Waals surface area contributed by atoms with E-state index in [4.69, 9.17) is 10.4 Å². The predicted molar refractivity (Wildman–Crippen MR) is 81.1 cm³/mol. The lowest BCUT2D eigenvalue weighted by molar-refractivity contribution is 0.275. The molecule has 0 unspecified atom stereocenters. The van der Waals surface area contributed by atoms with Crippen LogP contribution in [0.1, 0.15) is 5.56 Å². The van der Waals surface area contributed by atoms with Gasteiger partial charge in [-0.3, -0.25) is 0 Å². The van der Waals surface area contributed by atoms with Crippen LogP contribution >= 0.6 is 24.2 Å². The molecule has 3 nitrogen and oxygen atoms in total. The van der Waals surface area contributed by atoms with Gasteiger partial charge in [0.2, 0.25) is 0 Å². The summed E-state index contributed by atoms with van der Waals surface area (Å²) in [7, 11) is -0.785. The molecule has 0 aliphatic carbocycles. The van der Waals surface area contributed by atoms with Crippen molar-refractivity contribution in [3.05, 3.63) is 48.0 Å². The molecule has 3 N–H and O–H groups in total. The summed E-state index contributed by atoms with van der Waals surface area (Å²) in [6.45, 7) is 0.489. The van der Waals surface area contributed by atoms with Crippen LogP contribution in [0, 0.1) is 0 Å². The normalized spacial score (nSPS) is 13.0. The molecule has 2 aromatic carbocycles. The molecule has 1 aliphatic rings. The van der Waals surface area contributed by atoms with Gasteiger partial charge in [0.1, 0.15) is 0 Å². The number of rotatable bonds is 2. The molecule has 3 rings (SSSR count). The average molecular weight is 294 g/mol. The third-order valence-electron chi connectivity index (χ3n) is 2.90. The zero-order valence-corrected chi connectivity index (χ0v) is 11.7. The van der Waals surface area contributed by atoms with Crippen molar-refractivity contribution in [2.24, 2.45) is 0 Å². The minimum absolute atomic E-state index is 0. The molecule has 0 bridgehead atoms. The second kappa shape index (κ2) is 5.88. The van der Waals surface area contributed by atoms with E-state index in [0.717, 1.165) is 26.5 Å². The lowest BCUT2D eigenvalue weighted by Gasteiger charge is -2.05. The van der Waals surface area contributed by atoms with E-state index in [9.17, 15) is 5.02 Å². The molecule has 0 saturated heterocycles. The molecule has 0 saturated carbocycles. The Morgan fingerprint density at radius 3 is 2.53 bits per heavy atom. The molecule has 0 amide bonds. The highest BCUT2D eigenvalue weighted by atomic mass is 35.5. The number of benzene rings is 2. The molecular weight excluding hydrogens is 280 g/mol. The minimum Gasteiger partial charge on any atom is -0.423 e. The topological polar surface area (TPSA) is 55.5 Å². The third kappa shape index (κ3) is 3.07. The van der Waals surface area contributed by atoms with E-state index in [1.54, 1.807) is 11.8 Å². The Morgan fingerprint density at radius 2 is 1.79 bits per heavy atom. The Bertz CT molecular complexity index is 579. The van der Waals surface area contributed by atoms with Crippen molar-refractivity contribution >= 4 is 42.4 Å². The smallest absolute Gasteiger partial charge is 0.423 e. The van der Waals surface area contributed by atoms with Crippen molar-refractivity contribution in [3.8, 4) is 0 Å². The highest BCUT2D eigenvalue weighted by Crippen LogP contribution is 2.28. The van der Waals surface area contributed by atoms with E-state index in [2.05, 4.69) is 0 Å². The number of fused-ring (bicyclic) bond motifs is 1. The lowest BCUT2D eigenvalue weighted by atomic mass is 9.80. The summed E-state index contributed by atoms with van der Waals surface area (Å²) in [5.41, 5.74) is 8.34. The molecule has 6 heteroatoms. The second-order valence-electron chi connectivity index (χ2n) is 4.20. The molecule has 19 heavy (non-hydrogen) atoms. The number of nitrogens with two attached hydrogens (primary N) is 1. The molecule has 2 aromatic rings. The summed E-state index contributed by atoms with van der Waals surface area (Å²) < 4.78 is 5.17. The van der Waals surface area contributed by atoms with Crippen molar-refractivity contribution in [2.45, 2.75) is 16.4 Å². The van der Waals surface area contributed by atoms with Crippen LogP contribution in [-0.2, 0) is 11.3 Å². The first-order valence-electron chi connectivity index (χ1n) is 5.68. The van der Waals surface area contributed by atoms with Crippen LogP contribution in [0.5, 0.6) is 0 Å². The molecule has 0 aromatic heterocycles. The van der Waals surface area contributed by atoms with Gasteiger partial charge in [-0.1, -0.05) is 17.8 Å². The highest BCUT2D eigenvalue weighted by Gasteiger charge is 2.27. The summed E-state index contributed by atoms with van der Waals surface area (Å²) in [5, 5.41) is 9.66. The SMILES string of the molecule is Cl.Nc1ccc(Sc2ccc3c(c2)B(O)OC3)cc1. The number of hydrogen-bond acceptors (Lipinski definition) is 4. The summed E-state index contributed by atoms with van der Waals surface area (Å²) in [6, 6.07) is 13.8. The zero-order chi connectivity index (χ0) is 12.5. The third-order valence-corrected chi connectivity index (χ3v) is 3.89. The van der Waals surface area contributed by atoms with Gasteiger partial charge in [-0.25, -0.2) is 0 Å². The van der Waals surface area contributed by atoms with Crippen LogP contribution in [0.2, 0.25) is 0 Å². The van der Waals surface area contributed by atoms with Crippen molar-refractivity contribution in [1.29, 1.82) is 0 Å². The Kier molecular flexibility index (Phi) is 4.42. The fraction of sp³-hybridized carbons (Fsp3) is 0.0769. The van der Waals surface area contributed by atoms with Gasteiger partial charge in [0, 0.05) is 15.5 Å². The standard InChI is InChI=1S/C13H12BNO2S.ClH/c15-10-2-5-11(6-3-10)18-12-4-1-9-8-17-14(16)13(9)7-12;/h1-7,16H,8,15H2;1H. The largest absolute Gasteiger partial charge is 0.491 e. The average Bonchev–Trinajstić information content (AvgIpc) is 2.74. The summed E-state index contributed by atoms with van der Waals surface area (Å²) in [4.78, 5) is 2.21. The highest BCUT2D eigenvalue weighted by molar-refractivity contribution is 7.99. The van der Waals surface area contributed by atoms with Gasteiger partial charge in [-0.05, 0) is 47.4 Å². The molecular formula is C13H13BClNO2S. The molecule has 98 valence electrons. The van der Waals surface area contributed by atoms with Gasteiger partial charge in [0.15, 0.2) is 0 Å². The van der Waals surface area contributed by atoms with E-state index >= 15 is 0 Å². The maximum atomic E-state index is 9.66. The molecule has 0 radical (unpaired) electrons. The van der Waals surface area contributed by atoms with Crippen LogP contribution in [0.4, 0.5) is 5.69 Å². The van der Waals surface area contributed by atoms with Crippen LogP contribution in [0.3, 0.4) is 0 Å².